The predicted molar refractivity (Wildman–Crippen MR) is 124 cm³/mol. The van der Waals surface area contributed by atoms with Gasteiger partial charge in [0.25, 0.3) is 0 Å². The molecule has 3 aromatic rings. The van der Waals surface area contributed by atoms with Crippen molar-refractivity contribution in [3.8, 4) is 5.75 Å². The van der Waals surface area contributed by atoms with E-state index in [2.05, 4.69) is 4.98 Å². The first-order valence-corrected chi connectivity index (χ1v) is 11.0. The molecule has 4 rings (SSSR count). The van der Waals surface area contributed by atoms with E-state index < -0.39 is 11.3 Å². The van der Waals surface area contributed by atoms with E-state index in [0.717, 1.165) is 11.3 Å². The third-order valence-corrected chi connectivity index (χ3v) is 6.32. The van der Waals surface area contributed by atoms with E-state index in [-0.39, 0.29) is 37.8 Å². The van der Waals surface area contributed by atoms with Crippen molar-refractivity contribution in [3.63, 3.8) is 0 Å². The van der Waals surface area contributed by atoms with Crippen LogP contribution in [0.4, 0.5) is 0 Å². The molecule has 0 unspecified atom stereocenters. The fourth-order valence-corrected chi connectivity index (χ4v) is 4.52. The summed E-state index contributed by atoms with van der Waals surface area (Å²) in [4.78, 5) is 47.2. The number of imidazole rings is 1. The van der Waals surface area contributed by atoms with Crippen molar-refractivity contribution in [2.45, 2.75) is 24.8 Å². The summed E-state index contributed by atoms with van der Waals surface area (Å²) in [6.45, 7) is 0.667. The zero-order valence-corrected chi connectivity index (χ0v) is 19.6. The van der Waals surface area contributed by atoms with E-state index >= 15 is 0 Å². The molecule has 1 saturated heterocycles. The highest BCUT2D eigenvalue weighted by Gasteiger charge is 2.55. The average Bonchev–Trinajstić information content (AvgIpc) is 3.36. The van der Waals surface area contributed by atoms with Gasteiger partial charge in [-0.1, -0.05) is 24.3 Å². The Morgan fingerprint density at radius 1 is 1.15 bits per heavy atom. The summed E-state index contributed by atoms with van der Waals surface area (Å²) in [6, 6.07) is 12.7. The molecule has 0 aliphatic carbocycles. The van der Waals surface area contributed by atoms with Crippen LogP contribution in [0.3, 0.4) is 0 Å². The second-order valence-electron chi connectivity index (χ2n) is 8.41. The maximum Gasteiger partial charge on any atom is 0.241 e. The van der Waals surface area contributed by atoms with Crippen molar-refractivity contribution in [2.24, 2.45) is 0 Å². The minimum absolute atomic E-state index is 0.106. The third-order valence-electron chi connectivity index (χ3n) is 6.32. The Morgan fingerprint density at radius 2 is 1.91 bits per heavy atom. The third kappa shape index (κ3) is 4.14. The minimum Gasteiger partial charge on any atom is -0.496 e. The Morgan fingerprint density at radius 3 is 2.68 bits per heavy atom. The van der Waals surface area contributed by atoms with Crippen molar-refractivity contribution in [2.75, 3.05) is 34.4 Å². The summed E-state index contributed by atoms with van der Waals surface area (Å²) in [5.41, 5.74) is 0.817. The molecule has 3 heterocycles. The Bertz CT molecular complexity index is 1220. The standard InChI is InChI=1S/C25H28N4O5/c1-27(17-18-16-26-21-10-6-7-11-28(18)21)22(30)14-25(19-8-4-5-9-20(19)34-3)15-23(31)29(24(25)32)12-13-33-2/h4-11,16H,12-15,17H2,1-3H3/t25-/m0/s1. The normalized spacial score (nSPS) is 18.0. The number of ether oxygens (including phenoxy) is 2. The van der Waals surface area contributed by atoms with Gasteiger partial charge in [0.05, 0.1) is 44.1 Å². The molecular weight excluding hydrogens is 436 g/mol. The number of amides is 3. The van der Waals surface area contributed by atoms with Crippen LogP contribution in [0.15, 0.2) is 54.9 Å². The molecule has 0 N–H and O–H groups in total. The van der Waals surface area contributed by atoms with Gasteiger partial charge < -0.3 is 18.8 Å². The van der Waals surface area contributed by atoms with Gasteiger partial charge in [0.2, 0.25) is 17.7 Å². The lowest BCUT2D eigenvalue weighted by molar-refractivity contribution is -0.143. The van der Waals surface area contributed by atoms with Gasteiger partial charge in [-0.2, -0.15) is 0 Å². The molecule has 34 heavy (non-hydrogen) atoms. The van der Waals surface area contributed by atoms with Crippen LogP contribution in [-0.4, -0.2) is 71.3 Å². The number of para-hydroxylation sites is 1. The molecule has 9 heteroatoms. The van der Waals surface area contributed by atoms with Crippen molar-refractivity contribution < 1.29 is 23.9 Å². The van der Waals surface area contributed by atoms with Crippen LogP contribution in [0, 0.1) is 0 Å². The van der Waals surface area contributed by atoms with Crippen molar-refractivity contribution in [1.82, 2.24) is 19.2 Å². The lowest BCUT2D eigenvalue weighted by Crippen LogP contribution is -2.43. The first-order valence-electron chi connectivity index (χ1n) is 11.0. The minimum atomic E-state index is -1.34. The van der Waals surface area contributed by atoms with Gasteiger partial charge in [-0.05, 0) is 18.2 Å². The monoisotopic (exact) mass is 464 g/mol. The number of hydrogen-bond acceptors (Lipinski definition) is 6. The van der Waals surface area contributed by atoms with E-state index in [1.54, 1.807) is 42.4 Å². The number of benzene rings is 1. The highest BCUT2D eigenvalue weighted by atomic mass is 16.5. The average molecular weight is 465 g/mol. The molecule has 1 fully saturated rings. The molecule has 178 valence electrons. The molecule has 3 amide bonds. The second kappa shape index (κ2) is 9.64. The van der Waals surface area contributed by atoms with Crippen LogP contribution in [0.1, 0.15) is 24.1 Å². The molecule has 1 aliphatic rings. The van der Waals surface area contributed by atoms with Crippen LogP contribution in [0.2, 0.25) is 0 Å². The molecule has 0 radical (unpaired) electrons. The number of rotatable bonds is 9. The van der Waals surface area contributed by atoms with Gasteiger partial charge in [-0.3, -0.25) is 19.3 Å². The maximum atomic E-state index is 13.7. The molecule has 9 nitrogen and oxygen atoms in total. The summed E-state index contributed by atoms with van der Waals surface area (Å²) in [5.74, 6) is -0.526. The zero-order chi connectivity index (χ0) is 24.3. The molecule has 2 aromatic heterocycles. The van der Waals surface area contributed by atoms with Gasteiger partial charge in [0.15, 0.2) is 0 Å². The number of likely N-dealkylation sites (tertiary alicyclic amines) is 1. The number of fused-ring (bicyclic) bond motifs is 1. The lowest BCUT2D eigenvalue weighted by atomic mass is 9.75. The highest BCUT2D eigenvalue weighted by molar-refractivity contribution is 6.11. The summed E-state index contributed by atoms with van der Waals surface area (Å²) in [5, 5.41) is 0. The maximum absolute atomic E-state index is 13.7. The summed E-state index contributed by atoms with van der Waals surface area (Å²) in [6.07, 6.45) is 3.35. The Labute approximate surface area is 197 Å². The molecule has 0 bridgehead atoms. The van der Waals surface area contributed by atoms with Crippen molar-refractivity contribution >= 4 is 23.4 Å². The first-order chi connectivity index (χ1) is 16.4. The summed E-state index contributed by atoms with van der Waals surface area (Å²) < 4.78 is 12.5. The van der Waals surface area contributed by atoms with Crippen LogP contribution >= 0.6 is 0 Å². The fraction of sp³-hybridized carbons (Fsp3) is 0.360. The van der Waals surface area contributed by atoms with Crippen LogP contribution in [0.25, 0.3) is 5.65 Å². The topological polar surface area (TPSA) is 93.5 Å². The fourth-order valence-electron chi connectivity index (χ4n) is 4.52. The van der Waals surface area contributed by atoms with Crippen LogP contribution < -0.4 is 4.74 Å². The van der Waals surface area contributed by atoms with E-state index in [0.29, 0.717) is 17.9 Å². The Kier molecular flexibility index (Phi) is 6.65. The van der Waals surface area contributed by atoms with E-state index in [1.807, 2.05) is 28.8 Å². The van der Waals surface area contributed by atoms with E-state index in [4.69, 9.17) is 9.47 Å². The van der Waals surface area contributed by atoms with Gasteiger partial charge in [0.1, 0.15) is 11.4 Å². The molecule has 0 saturated carbocycles. The molecular formula is C25H28N4O5. The van der Waals surface area contributed by atoms with Gasteiger partial charge >= 0.3 is 0 Å². The first kappa shape index (κ1) is 23.4. The number of pyridine rings is 1. The highest BCUT2D eigenvalue weighted by Crippen LogP contribution is 2.44. The van der Waals surface area contributed by atoms with Gasteiger partial charge in [-0.15, -0.1) is 0 Å². The molecule has 0 spiro atoms. The number of methoxy groups -OCH3 is 2. The molecule has 1 aromatic carbocycles. The summed E-state index contributed by atoms with van der Waals surface area (Å²) in [7, 11) is 4.71. The van der Waals surface area contributed by atoms with Gasteiger partial charge in [0, 0.05) is 38.8 Å². The van der Waals surface area contributed by atoms with Crippen molar-refractivity contribution in [3.05, 3.63) is 66.1 Å². The van der Waals surface area contributed by atoms with Gasteiger partial charge in [-0.25, -0.2) is 4.98 Å². The molecule has 1 atom stereocenters. The predicted octanol–water partition coefficient (Wildman–Crippen LogP) is 2.03. The Hall–Kier alpha value is -3.72. The number of hydrogen-bond donors (Lipinski definition) is 0. The van der Waals surface area contributed by atoms with Crippen molar-refractivity contribution in [1.29, 1.82) is 0 Å². The molecule has 1 aliphatic heterocycles. The number of carbonyl (C=O) groups excluding carboxylic acids is 3. The van der Waals surface area contributed by atoms with Crippen LogP contribution in [-0.2, 0) is 31.1 Å². The smallest absolute Gasteiger partial charge is 0.241 e. The van der Waals surface area contributed by atoms with E-state index in [1.165, 1.54) is 19.1 Å². The number of nitrogens with zero attached hydrogens (tertiary/aromatic N) is 4. The number of carbonyl (C=O) groups is 3. The zero-order valence-electron chi connectivity index (χ0n) is 19.6. The Balaban J connectivity index is 1.65. The quantitative estimate of drug-likeness (QED) is 0.450. The second-order valence-corrected chi connectivity index (χ2v) is 8.41. The largest absolute Gasteiger partial charge is 0.496 e. The summed E-state index contributed by atoms with van der Waals surface area (Å²) >= 11 is 0. The van der Waals surface area contributed by atoms with Crippen LogP contribution in [0.5, 0.6) is 5.75 Å². The number of imide groups is 1. The number of aromatic nitrogens is 2. The SMILES string of the molecule is COCCN1C(=O)C[C@@](CC(=O)N(C)Cc2cnc3ccccn23)(c2ccccc2OC)C1=O. The van der Waals surface area contributed by atoms with E-state index in [9.17, 15) is 14.4 Å². The lowest BCUT2D eigenvalue weighted by Gasteiger charge is -2.30.